The summed E-state index contributed by atoms with van der Waals surface area (Å²) in [6, 6.07) is 7.16. The molecule has 0 aliphatic carbocycles. The summed E-state index contributed by atoms with van der Waals surface area (Å²) in [5, 5.41) is 4.90. The van der Waals surface area contributed by atoms with Crippen molar-refractivity contribution in [2.75, 3.05) is 6.54 Å². The van der Waals surface area contributed by atoms with E-state index in [1.54, 1.807) is 22.9 Å². The highest BCUT2D eigenvalue weighted by Gasteiger charge is 2.10. The van der Waals surface area contributed by atoms with E-state index >= 15 is 0 Å². The van der Waals surface area contributed by atoms with Crippen molar-refractivity contribution in [1.29, 1.82) is 0 Å². The first kappa shape index (κ1) is 15.5. The van der Waals surface area contributed by atoms with Crippen LogP contribution in [0.1, 0.15) is 35.0 Å². The lowest BCUT2D eigenvalue weighted by atomic mass is 10.2. The molecule has 2 aromatic heterocycles. The van der Waals surface area contributed by atoms with Crippen LogP contribution in [0.5, 0.6) is 0 Å². The number of hydrogen-bond donors (Lipinski definition) is 1. The number of rotatable bonds is 7. The predicted octanol–water partition coefficient (Wildman–Crippen LogP) is 2.68. The monoisotopic (exact) mass is 304 g/mol. The standard InChI is InChI=1S/C16H20N2O2S/c1-2-13-8-12-21-15(13)16(20)17-9-4-6-11-18-10-5-3-7-14(18)19/h3,5,7-8,10,12H,2,4,6,9,11H2,1H3,(H,17,20). The van der Waals surface area contributed by atoms with E-state index in [-0.39, 0.29) is 11.5 Å². The van der Waals surface area contributed by atoms with Crippen molar-refractivity contribution in [3.05, 3.63) is 56.6 Å². The first-order valence-corrected chi connectivity index (χ1v) is 8.10. The number of aromatic nitrogens is 1. The Labute approximate surface area is 128 Å². The molecule has 0 atom stereocenters. The minimum Gasteiger partial charge on any atom is -0.351 e. The van der Waals surface area contributed by atoms with Gasteiger partial charge in [0.25, 0.3) is 5.91 Å². The summed E-state index contributed by atoms with van der Waals surface area (Å²) in [6.07, 6.45) is 4.40. The predicted molar refractivity (Wildman–Crippen MR) is 86.0 cm³/mol. The number of nitrogens with one attached hydrogen (secondary N) is 1. The Morgan fingerprint density at radius 2 is 2.14 bits per heavy atom. The highest BCUT2D eigenvalue weighted by atomic mass is 32.1. The van der Waals surface area contributed by atoms with Gasteiger partial charge in [0.2, 0.25) is 5.56 Å². The Bertz CT molecular complexity index is 645. The van der Waals surface area contributed by atoms with Gasteiger partial charge in [-0.3, -0.25) is 9.59 Å². The zero-order valence-corrected chi connectivity index (χ0v) is 13.0. The number of unbranched alkanes of at least 4 members (excludes halogenated alkanes) is 1. The molecular weight excluding hydrogens is 284 g/mol. The molecule has 0 unspecified atom stereocenters. The third kappa shape index (κ3) is 4.29. The highest BCUT2D eigenvalue weighted by molar-refractivity contribution is 7.12. The molecule has 0 aliphatic rings. The number of pyridine rings is 1. The molecule has 0 fully saturated rings. The van der Waals surface area contributed by atoms with Gasteiger partial charge < -0.3 is 9.88 Å². The smallest absolute Gasteiger partial charge is 0.261 e. The van der Waals surface area contributed by atoms with E-state index in [0.29, 0.717) is 13.1 Å². The molecule has 2 aromatic rings. The Kier molecular flexibility index (Phi) is 5.75. The minimum absolute atomic E-state index is 0.0127. The Morgan fingerprint density at radius 3 is 2.90 bits per heavy atom. The van der Waals surface area contributed by atoms with Gasteiger partial charge in [0.05, 0.1) is 4.88 Å². The second kappa shape index (κ2) is 7.78. The van der Waals surface area contributed by atoms with Gasteiger partial charge in [0.1, 0.15) is 0 Å². The van der Waals surface area contributed by atoms with Crippen LogP contribution in [-0.2, 0) is 13.0 Å². The third-order valence-electron chi connectivity index (χ3n) is 3.34. The van der Waals surface area contributed by atoms with E-state index in [1.807, 2.05) is 17.5 Å². The van der Waals surface area contributed by atoms with Crippen molar-refractivity contribution in [2.24, 2.45) is 0 Å². The Morgan fingerprint density at radius 1 is 1.29 bits per heavy atom. The maximum atomic E-state index is 12.0. The van der Waals surface area contributed by atoms with Crippen LogP contribution in [0, 0.1) is 0 Å². The fourth-order valence-corrected chi connectivity index (χ4v) is 3.06. The summed E-state index contributed by atoms with van der Waals surface area (Å²) < 4.78 is 1.69. The van der Waals surface area contributed by atoms with E-state index in [0.717, 1.165) is 29.7 Å². The van der Waals surface area contributed by atoms with E-state index in [4.69, 9.17) is 0 Å². The van der Waals surface area contributed by atoms with Crippen LogP contribution in [0.15, 0.2) is 40.6 Å². The average Bonchev–Trinajstić information content (AvgIpc) is 2.97. The molecule has 0 saturated heterocycles. The Balaban J connectivity index is 1.72. The van der Waals surface area contributed by atoms with Crippen molar-refractivity contribution in [3.63, 3.8) is 0 Å². The lowest BCUT2D eigenvalue weighted by Gasteiger charge is -2.07. The van der Waals surface area contributed by atoms with Gasteiger partial charge in [-0.25, -0.2) is 0 Å². The Hall–Kier alpha value is -1.88. The summed E-state index contributed by atoms with van der Waals surface area (Å²) >= 11 is 1.49. The number of carbonyl (C=O) groups excluding carboxylic acids is 1. The van der Waals surface area contributed by atoms with Crippen LogP contribution in [0.25, 0.3) is 0 Å². The first-order chi connectivity index (χ1) is 10.2. The fraction of sp³-hybridized carbons (Fsp3) is 0.375. The molecule has 2 heterocycles. The summed E-state index contributed by atoms with van der Waals surface area (Å²) in [5.74, 6) is 0.0127. The molecule has 5 heteroatoms. The first-order valence-electron chi connectivity index (χ1n) is 7.22. The van der Waals surface area contributed by atoms with Crippen LogP contribution in [0.4, 0.5) is 0 Å². The quantitative estimate of drug-likeness (QED) is 0.800. The maximum absolute atomic E-state index is 12.0. The van der Waals surface area contributed by atoms with Crippen LogP contribution in [-0.4, -0.2) is 17.0 Å². The molecule has 0 bridgehead atoms. The summed E-state index contributed by atoms with van der Waals surface area (Å²) in [7, 11) is 0. The van der Waals surface area contributed by atoms with Crippen molar-refractivity contribution in [2.45, 2.75) is 32.7 Å². The summed E-state index contributed by atoms with van der Waals surface area (Å²) in [5.41, 5.74) is 1.13. The molecule has 0 radical (unpaired) electrons. The van der Waals surface area contributed by atoms with Crippen molar-refractivity contribution in [3.8, 4) is 0 Å². The van der Waals surface area contributed by atoms with Gasteiger partial charge in [0.15, 0.2) is 0 Å². The molecule has 1 amide bonds. The van der Waals surface area contributed by atoms with Gasteiger partial charge in [-0.2, -0.15) is 0 Å². The number of thiophene rings is 1. The van der Waals surface area contributed by atoms with E-state index < -0.39 is 0 Å². The number of hydrogen-bond acceptors (Lipinski definition) is 3. The van der Waals surface area contributed by atoms with E-state index in [9.17, 15) is 9.59 Å². The zero-order valence-electron chi connectivity index (χ0n) is 12.2. The van der Waals surface area contributed by atoms with Gasteiger partial charge in [-0.15, -0.1) is 11.3 Å². The van der Waals surface area contributed by atoms with Crippen LogP contribution >= 0.6 is 11.3 Å². The highest BCUT2D eigenvalue weighted by Crippen LogP contribution is 2.16. The molecule has 21 heavy (non-hydrogen) atoms. The van der Waals surface area contributed by atoms with Gasteiger partial charge >= 0.3 is 0 Å². The van der Waals surface area contributed by atoms with E-state index in [2.05, 4.69) is 12.2 Å². The summed E-state index contributed by atoms with van der Waals surface area (Å²) in [4.78, 5) is 24.3. The van der Waals surface area contributed by atoms with E-state index in [1.165, 1.54) is 11.3 Å². The maximum Gasteiger partial charge on any atom is 0.261 e. The topological polar surface area (TPSA) is 51.1 Å². The largest absolute Gasteiger partial charge is 0.351 e. The molecule has 1 N–H and O–H groups in total. The second-order valence-corrected chi connectivity index (χ2v) is 5.74. The minimum atomic E-state index is 0.0127. The molecule has 0 spiro atoms. The number of aryl methyl sites for hydroxylation is 2. The molecule has 0 saturated carbocycles. The SMILES string of the molecule is CCc1ccsc1C(=O)NCCCCn1ccccc1=O. The van der Waals surface area contributed by atoms with Gasteiger partial charge in [-0.05, 0) is 42.3 Å². The normalized spacial score (nSPS) is 10.5. The van der Waals surface area contributed by atoms with Gasteiger partial charge in [0, 0.05) is 25.4 Å². The zero-order chi connectivity index (χ0) is 15.1. The van der Waals surface area contributed by atoms with Gasteiger partial charge in [-0.1, -0.05) is 13.0 Å². The number of carbonyl (C=O) groups is 1. The van der Waals surface area contributed by atoms with Crippen molar-refractivity contribution < 1.29 is 4.79 Å². The van der Waals surface area contributed by atoms with Crippen molar-refractivity contribution >= 4 is 17.2 Å². The summed E-state index contributed by atoms with van der Waals surface area (Å²) in [6.45, 7) is 3.38. The lowest BCUT2D eigenvalue weighted by molar-refractivity contribution is 0.0956. The third-order valence-corrected chi connectivity index (χ3v) is 4.30. The number of amides is 1. The number of nitrogens with zero attached hydrogens (tertiary/aromatic N) is 1. The molecule has 2 rings (SSSR count). The van der Waals surface area contributed by atoms with Crippen LogP contribution < -0.4 is 10.9 Å². The molecule has 4 nitrogen and oxygen atoms in total. The fourth-order valence-electron chi connectivity index (χ4n) is 2.15. The van der Waals surface area contributed by atoms with Crippen LogP contribution in [0.2, 0.25) is 0 Å². The molecule has 112 valence electrons. The molecule has 0 aliphatic heterocycles. The van der Waals surface area contributed by atoms with Crippen LogP contribution in [0.3, 0.4) is 0 Å². The average molecular weight is 304 g/mol. The molecule has 0 aromatic carbocycles. The molecular formula is C16H20N2O2S. The lowest BCUT2D eigenvalue weighted by Crippen LogP contribution is -2.25. The second-order valence-electron chi connectivity index (χ2n) is 4.82. The van der Waals surface area contributed by atoms with Crippen molar-refractivity contribution in [1.82, 2.24) is 9.88 Å².